The van der Waals surface area contributed by atoms with Crippen molar-refractivity contribution in [3.05, 3.63) is 83.1 Å². The van der Waals surface area contributed by atoms with E-state index in [1.165, 1.54) is 12.4 Å². The predicted molar refractivity (Wildman–Crippen MR) is 121 cm³/mol. The van der Waals surface area contributed by atoms with Crippen LogP contribution < -0.4 is 5.32 Å². The van der Waals surface area contributed by atoms with Crippen LogP contribution in [0.15, 0.2) is 64.8 Å². The molecule has 0 aliphatic carbocycles. The highest BCUT2D eigenvalue weighted by Crippen LogP contribution is 2.30. The van der Waals surface area contributed by atoms with E-state index in [4.69, 9.17) is 4.74 Å². The van der Waals surface area contributed by atoms with E-state index in [0.29, 0.717) is 18.9 Å². The van der Waals surface area contributed by atoms with Gasteiger partial charge in [-0.3, -0.25) is 4.79 Å². The van der Waals surface area contributed by atoms with E-state index in [9.17, 15) is 13.2 Å². The molecule has 0 saturated carbocycles. The Morgan fingerprint density at radius 3 is 2.82 bits per heavy atom. The molecule has 1 amide bonds. The van der Waals surface area contributed by atoms with Gasteiger partial charge in [-0.15, -0.1) is 0 Å². The molecule has 0 atom stereocenters. The Bertz CT molecular complexity index is 1500. The molecule has 0 bridgehead atoms. The summed E-state index contributed by atoms with van der Waals surface area (Å²) in [6.07, 6.45) is 3.19. The number of nitrogens with zero attached hydrogens (tertiary/aromatic N) is 3. The second kappa shape index (κ2) is 8.09. The third kappa shape index (κ3) is 3.69. The third-order valence-electron chi connectivity index (χ3n) is 6.09. The lowest BCUT2D eigenvalue weighted by molar-refractivity contribution is 0.0942. The minimum Gasteiger partial charge on any atom is -0.372 e. The fourth-order valence-corrected chi connectivity index (χ4v) is 5.68. The molecule has 3 heterocycles. The first kappa shape index (κ1) is 21.3. The van der Waals surface area contributed by atoms with Gasteiger partial charge in [0.15, 0.2) is 0 Å². The van der Waals surface area contributed by atoms with Crippen molar-refractivity contribution < 1.29 is 17.9 Å². The molecule has 1 aliphatic heterocycles. The summed E-state index contributed by atoms with van der Waals surface area (Å²) < 4.78 is 33.7. The monoisotopic (exact) mass is 462 g/mol. The lowest BCUT2D eigenvalue weighted by Gasteiger charge is -2.09. The second-order valence-electron chi connectivity index (χ2n) is 8.02. The number of hydrogen-bond donors (Lipinski definition) is 1. The van der Waals surface area contributed by atoms with E-state index in [0.717, 1.165) is 27.6 Å². The van der Waals surface area contributed by atoms with Crippen molar-refractivity contribution in [1.82, 2.24) is 19.9 Å². The Morgan fingerprint density at radius 2 is 1.97 bits per heavy atom. The fraction of sp³-hybridized carbons (Fsp3) is 0.208. The summed E-state index contributed by atoms with van der Waals surface area (Å²) in [4.78, 5) is 21.6. The van der Waals surface area contributed by atoms with Gasteiger partial charge in [-0.25, -0.2) is 18.4 Å². The highest BCUT2D eigenvalue weighted by atomic mass is 32.2. The van der Waals surface area contributed by atoms with Gasteiger partial charge in [0, 0.05) is 30.9 Å². The maximum Gasteiger partial charge on any atom is 0.268 e. The molecule has 168 valence electrons. The van der Waals surface area contributed by atoms with Crippen molar-refractivity contribution in [2.45, 2.75) is 36.5 Å². The average molecular weight is 463 g/mol. The lowest BCUT2D eigenvalue weighted by atomic mass is 10.1. The van der Waals surface area contributed by atoms with Gasteiger partial charge in [-0.05, 0) is 47.9 Å². The van der Waals surface area contributed by atoms with Crippen molar-refractivity contribution in [3.63, 3.8) is 0 Å². The van der Waals surface area contributed by atoms with Crippen LogP contribution in [0.1, 0.15) is 32.9 Å². The molecule has 9 heteroatoms. The van der Waals surface area contributed by atoms with E-state index < -0.39 is 9.84 Å². The largest absolute Gasteiger partial charge is 0.372 e. The maximum absolute atomic E-state index is 13.4. The molecule has 1 aliphatic rings. The number of amides is 1. The second-order valence-corrected chi connectivity index (χ2v) is 9.94. The molecule has 33 heavy (non-hydrogen) atoms. The first-order valence-electron chi connectivity index (χ1n) is 10.4. The molecule has 0 saturated heterocycles. The SMILES string of the molecule is Cc1c(S(=O)(=O)c2ccc3c(c2)COC3)cc(C(=O)NCc2cccc3ncncc23)n1C. The molecule has 0 unspecified atom stereocenters. The van der Waals surface area contributed by atoms with Gasteiger partial charge >= 0.3 is 0 Å². The molecule has 1 N–H and O–H groups in total. The van der Waals surface area contributed by atoms with Crippen LogP contribution in [-0.4, -0.2) is 28.9 Å². The number of benzene rings is 2. The van der Waals surface area contributed by atoms with Gasteiger partial charge < -0.3 is 14.6 Å². The number of sulfone groups is 1. The minimum absolute atomic E-state index is 0.118. The van der Waals surface area contributed by atoms with Crippen molar-refractivity contribution in [1.29, 1.82) is 0 Å². The van der Waals surface area contributed by atoms with Gasteiger partial charge in [0.05, 0.1) is 28.5 Å². The number of nitrogens with one attached hydrogen (secondary N) is 1. The van der Waals surface area contributed by atoms with Crippen LogP contribution in [0.25, 0.3) is 10.9 Å². The number of aromatic nitrogens is 3. The Balaban J connectivity index is 1.43. The van der Waals surface area contributed by atoms with Gasteiger partial charge in [0.2, 0.25) is 9.84 Å². The number of hydrogen-bond acceptors (Lipinski definition) is 6. The van der Waals surface area contributed by atoms with Crippen molar-refractivity contribution >= 4 is 26.6 Å². The van der Waals surface area contributed by atoms with Crippen LogP contribution in [0.3, 0.4) is 0 Å². The summed E-state index contributed by atoms with van der Waals surface area (Å²) in [6.45, 7) is 2.86. The number of fused-ring (bicyclic) bond motifs is 2. The highest BCUT2D eigenvalue weighted by molar-refractivity contribution is 7.91. The van der Waals surface area contributed by atoms with E-state index in [1.807, 2.05) is 18.2 Å². The smallest absolute Gasteiger partial charge is 0.268 e. The summed E-state index contributed by atoms with van der Waals surface area (Å²) in [5.74, 6) is -0.363. The molecule has 0 fully saturated rings. The Morgan fingerprint density at radius 1 is 1.15 bits per heavy atom. The van der Waals surface area contributed by atoms with Crippen molar-refractivity contribution in [3.8, 4) is 0 Å². The molecule has 5 rings (SSSR count). The first-order chi connectivity index (χ1) is 15.9. The van der Waals surface area contributed by atoms with Crippen LogP contribution in [0.4, 0.5) is 0 Å². The Labute approximate surface area is 191 Å². The van der Waals surface area contributed by atoms with Crippen LogP contribution in [0.2, 0.25) is 0 Å². The predicted octanol–water partition coefficient (Wildman–Crippen LogP) is 3.07. The molecular weight excluding hydrogens is 440 g/mol. The zero-order valence-electron chi connectivity index (χ0n) is 18.2. The number of ether oxygens (including phenoxy) is 1. The van der Waals surface area contributed by atoms with Gasteiger partial charge in [0.25, 0.3) is 5.91 Å². The van der Waals surface area contributed by atoms with Crippen LogP contribution in [-0.2, 0) is 41.4 Å². The maximum atomic E-state index is 13.4. The van der Waals surface area contributed by atoms with Crippen LogP contribution in [0, 0.1) is 6.92 Å². The first-order valence-corrected chi connectivity index (χ1v) is 11.9. The minimum atomic E-state index is -3.80. The van der Waals surface area contributed by atoms with Crippen molar-refractivity contribution in [2.75, 3.05) is 0 Å². The van der Waals surface area contributed by atoms with Gasteiger partial charge in [0.1, 0.15) is 12.0 Å². The standard InChI is InChI=1S/C24H22N4O4S/c1-15-23(33(30,31)19-7-6-17-12-32-13-18(17)8-19)9-22(28(15)2)24(29)26-10-16-4-3-5-21-20(16)11-25-14-27-21/h3-9,11,14H,10,12-13H2,1-2H3,(H,26,29). The zero-order chi connectivity index (χ0) is 23.2. The average Bonchev–Trinajstić information content (AvgIpc) is 3.41. The zero-order valence-corrected chi connectivity index (χ0v) is 19.0. The number of carbonyl (C=O) groups is 1. The van der Waals surface area contributed by atoms with E-state index in [1.54, 1.807) is 42.9 Å². The summed E-state index contributed by atoms with van der Waals surface area (Å²) in [6, 6.07) is 12.1. The Hall–Kier alpha value is -3.56. The normalized spacial score (nSPS) is 13.3. The molecule has 0 spiro atoms. The molecule has 2 aromatic heterocycles. The molecule has 4 aromatic rings. The molecule has 2 aromatic carbocycles. The Kier molecular flexibility index (Phi) is 5.22. The molecule has 8 nitrogen and oxygen atoms in total. The summed E-state index contributed by atoms with van der Waals surface area (Å²) in [7, 11) is -2.11. The number of carbonyl (C=O) groups excluding carboxylic acids is 1. The van der Waals surface area contributed by atoms with E-state index in [2.05, 4.69) is 15.3 Å². The molecule has 0 radical (unpaired) electrons. The van der Waals surface area contributed by atoms with E-state index in [-0.39, 0.29) is 27.9 Å². The van der Waals surface area contributed by atoms with Crippen LogP contribution in [0.5, 0.6) is 0 Å². The topological polar surface area (TPSA) is 103 Å². The number of rotatable bonds is 5. The van der Waals surface area contributed by atoms with Crippen molar-refractivity contribution in [2.24, 2.45) is 7.05 Å². The third-order valence-corrected chi connectivity index (χ3v) is 7.96. The lowest BCUT2D eigenvalue weighted by Crippen LogP contribution is -2.25. The molecular formula is C24H22N4O4S. The summed E-state index contributed by atoms with van der Waals surface area (Å²) >= 11 is 0. The van der Waals surface area contributed by atoms with Crippen LogP contribution >= 0.6 is 0 Å². The van der Waals surface area contributed by atoms with Gasteiger partial charge in [-0.1, -0.05) is 18.2 Å². The van der Waals surface area contributed by atoms with E-state index >= 15 is 0 Å². The summed E-state index contributed by atoms with van der Waals surface area (Å²) in [5, 5.41) is 3.74. The van der Waals surface area contributed by atoms with Gasteiger partial charge in [-0.2, -0.15) is 0 Å². The quantitative estimate of drug-likeness (QED) is 0.489. The highest BCUT2D eigenvalue weighted by Gasteiger charge is 2.27. The summed E-state index contributed by atoms with van der Waals surface area (Å²) in [5.41, 5.74) is 4.31. The fourth-order valence-electron chi connectivity index (χ4n) is 4.09.